The predicted octanol–water partition coefficient (Wildman–Crippen LogP) is 2.33. The lowest BCUT2D eigenvalue weighted by Gasteiger charge is -2.26. The first kappa shape index (κ1) is 17.2. The molecule has 0 aromatic carbocycles. The van der Waals surface area contributed by atoms with Crippen LogP contribution in [0.4, 0.5) is 5.69 Å². The molecule has 6 heteroatoms. The van der Waals surface area contributed by atoms with Gasteiger partial charge in [0.1, 0.15) is 0 Å². The van der Waals surface area contributed by atoms with Gasteiger partial charge in [-0.3, -0.25) is 14.6 Å². The van der Waals surface area contributed by atoms with Crippen molar-refractivity contribution in [2.24, 2.45) is 0 Å². The number of hydrogen-bond donors (Lipinski definition) is 1. The highest BCUT2D eigenvalue weighted by Gasteiger charge is 2.21. The van der Waals surface area contributed by atoms with Gasteiger partial charge in [-0.1, -0.05) is 0 Å². The van der Waals surface area contributed by atoms with Crippen molar-refractivity contribution < 1.29 is 9.53 Å². The van der Waals surface area contributed by atoms with Crippen molar-refractivity contribution in [3.63, 3.8) is 0 Å². The minimum atomic E-state index is -0.631. The van der Waals surface area contributed by atoms with E-state index >= 15 is 0 Å². The monoisotopic (exact) mass is 316 g/mol. The van der Waals surface area contributed by atoms with E-state index in [1.165, 1.54) is 0 Å². The third-order valence-electron chi connectivity index (χ3n) is 3.74. The maximum Gasteiger partial charge on any atom is 0.299 e. The Morgan fingerprint density at radius 1 is 1.43 bits per heavy atom. The van der Waals surface area contributed by atoms with Crippen molar-refractivity contribution in [3.8, 4) is 0 Å². The summed E-state index contributed by atoms with van der Waals surface area (Å²) in [6, 6.07) is 3.88. The Kier molecular flexibility index (Phi) is 5.94. The number of aryl methyl sites for hydroxylation is 1. The third-order valence-corrected chi connectivity index (χ3v) is 3.74. The van der Waals surface area contributed by atoms with E-state index in [0.717, 1.165) is 24.2 Å². The molecule has 0 saturated carbocycles. The van der Waals surface area contributed by atoms with E-state index in [1.54, 1.807) is 6.20 Å². The zero-order valence-electron chi connectivity index (χ0n) is 13.8. The highest BCUT2D eigenvalue weighted by Crippen LogP contribution is 2.16. The standard InChI is InChI=1S/C17H24N4O2/c1-17(2,18-3)20-15-8-7-14(19-13-15)5-4-6-16(22)21-9-11-23-12-10-21/h7-8,13,20H,4-6,9-12H2,1-2H3. The minimum absolute atomic E-state index is 0.199. The van der Waals surface area contributed by atoms with Crippen molar-refractivity contribution >= 4 is 11.6 Å². The molecular formula is C17H24N4O2. The van der Waals surface area contributed by atoms with Crippen LogP contribution in [0.15, 0.2) is 18.3 Å². The molecule has 1 saturated heterocycles. The summed E-state index contributed by atoms with van der Waals surface area (Å²) in [5.41, 5.74) is 1.17. The Bertz CT molecular complexity index is 557. The van der Waals surface area contributed by atoms with Crippen molar-refractivity contribution in [1.82, 2.24) is 9.88 Å². The van der Waals surface area contributed by atoms with E-state index in [2.05, 4.69) is 15.1 Å². The van der Waals surface area contributed by atoms with Crippen LogP contribution in [0.1, 0.15) is 32.4 Å². The van der Waals surface area contributed by atoms with Crippen LogP contribution in [0.2, 0.25) is 0 Å². The molecule has 2 rings (SSSR count). The van der Waals surface area contributed by atoms with Gasteiger partial charge in [0.2, 0.25) is 5.91 Å². The second-order valence-electron chi connectivity index (χ2n) is 6.18. The van der Waals surface area contributed by atoms with Crippen molar-refractivity contribution in [2.75, 3.05) is 31.6 Å². The van der Waals surface area contributed by atoms with Crippen LogP contribution in [-0.4, -0.2) is 47.8 Å². The third kappa shape index (κ3) is 5.53. The number of anilines is 1. The fourth-order valence-electron chi connectivity index (χ4n) is 2.42. The molecule has 0 bridgehead atoms. The molecule has 1 aliphatic heterocycles. The summed E-state index contributed by atoms with van der Waals surface area (Å²) in [5.74, 6) is 0.199. The summed E-state index contributed by atoms with van der Waals surface area (Å²) in [6.07, 6.45) is 3.87. The smallest absolute Gasteiger partial charge is 0.299 e. The lowest BCUT2D eigenvalue weighted by atomic mass is 10.1. The first-order valence-corrected chi connectivity index (χ1v) is 7.97. The second-order valence-corrected chi connectivity index (χ2v) is 6.18. The van der Waals surface area contributed by atoms with Gasteiger partial charge >= 0.3 is 0 Å². The van der Waals surface area contributed by atoms with Crippen LogP contribution in [0.5, 0.6) is 0 Å². The molecule has 23 heavy (non-hydrogen) atoms. The summed E-state index contributed by atoms with van der Waals surface area (Å²) in [6.45, 7) is 13.4. The van der Waals surface area contributed by atoms with Crippen LogP contribution in [0.25, 0.3) is 4.85 Å². The molecule has 1 N–H and O–H groups in total. The largest absolute Gasteiger partial charge is 0.378 e. The first-order chi connectivity index (χ1) is 11.0. The van der Waals surface area contributed by atoms with Crippen LogP contribution >= 0.6 is 0 Å². The van der Waals surface area contributed by atoms with Gasteiger partial charge in [0.15, 0.2) is 0 Å². The highest BCUT2D eigenvalue weighted by atomic mass is 16.5. The normalized spacial score (nSPS) is 15.1. The van der Waals surface area contributed by atoms with Crippen LogP contribution in [0, 0.1) is 6.57 Å². The molecule has 0 aliphatic carbocycles. The molecule has 124 valence electrons. The van der Waals surface area contributed by atoms with Gasteiger partial charge in [0.05, 0.1) is 25.1 Å². The number of rotatable bonds is 6. The Morgan fingerprint density at radius 2 is 2.17 bits per heavy atom. The van der Waals surface area contributed by atoms with Gasteiger partial charge < -0.3 is 15.0 Å². The number of amides is 1. The number of pyridine rings is 1. The zero-order valence-corrected chi connectivity index (χ0v) is 13.8. The highest BCUT2D eigenvalue weighted by molar-refractivity contribution is 5.76. The van der Waals surface area contributed by atoms with E-state index in [4.69, 9.17) is 11.3 Å². The number of nitrogens with one attached hydrogen (secondary N) is 1. The number of ether oxygens (including phenoxy) is 1. The van der Waals surface area contributed by atoms with Crippen LogP contribution in [-0.2, 0) is 16.0 Å². The lowest BCUT2D eigenvalue weighted by molar-refractivity contribution is -0.135. The van der Waals surface area contributed by atoms with Gasteiger partial charge in [-0.2, -0.15) is 0 Å². The number of morpholine rings is 1. The Balaban J connectivity index is 1.76. The van der Waals surface area contributed by atoms with Gasteiger partial charge in [0.25, 0.3) is 5.66 Å². The molecule has 2 heterocycles. The fourth-order valence-corrected chi connectivity index (χ4v) is 2.42. The Labute approximate surface area is 137 Å². The first-order valence-electron chi connectivity index (χ1n) is 7.97. The summed E-state index contributed by atoms with van der Waals surface area (Å²) < 4.78 is 5.25. The zero-order chi connectivity index (χ0) is 16.7. The molecule has 0 spiro atoms. The molecule has 1 aromatic rings. The fraction of sp³-hybridized carbons (Fsp3) is 0.588. The van der Waals surface area contributed by atoms with E-state index in [1.807, 2.05) is 30.9 Å². The van der Waals surface area contributed by atoms with Crippen molar-refractivity contribution in [3.05, 3.63) is 35.4 Å². The maximum absolute atomic E-state index is 12.0. The molecular weight excluding hydrogens is 292 g/mol. The van der Waals surface area contributed by atoms with E-state index < -0.39 is 5.66 Å². The number of carbonyl (C=O) groups excluding carboxylic acids is 1. The molecule has 0 radical (unpaired) electrons. The van der Waals surface area contributed by atoms with Crippen LogP contribution in [0.3, 0.4) is 0 Å². The average molecular weight is 316 g/mol. The topological polar surface area (TPSA) is 58.8 Å². The summed E-state index contributed by atoms with van der Waals surface area (Å²) in [5, 5.41) is 3.12. The molecule has 6 nitrogen and oxygen atoms in total. The number of nitrogens with zero attached hydrogens (tertiary/aromatic N) is 3. The molecule has 1 amide bonds. The SMILES string of the molecule is [C-]#[N+]C(C)(C)Nc1ccc(CCCC(=O)N2CCOCC2)nc1. The lowest BCUT2D eigenvalue weighted by Crippen LogP contribution is -2.40. The van der Waals surface area contributed by atoms with E-state index in [0.29, 0.717) is 32.7 Å². The predicted molar refractivity (Wildman–Crippen MR) is 88.9 cm³/mol. The molecule has 1 fully saturated rings. The Morgan fingerprint density at radius 3 is 2.78 bits per heavy atom. The van der Waals surface area contributed by atoms with Gasteiger partial charge in [-0.15, -0.1) is 0 Å². The number of aromatic nitrogens is 1. The summed E-state index contributed by atoms with van der Waals surface area (Å²) in [4.78, 5) is 21.8. The van der Waals surface area contributed by atoms with Crippen molar-refractivity contribution in [1.29, 1.82) is 0 Å². The summed E-state index contributed by atoms with van der Waals surface area (Å²) in [7, 11) is 0. The van der Waals surface area contributed by atoms with Gasteiger partial charge in [0, 0.05) is 39.1 Å². The quantitative estimate of drug-likeness (QED) is 0.818. The molecule has 1 aromatic heterocycles. The summed E-state index contributed by atoms with van der Waals surface area (Å²) >= 11 is 0. The number of carbonyl (C=O) groups is 1. The molecule has 0 atom stereocenters. The van der Waals surface area contributed by atoms with Crippen LogP contribution < -0.4 is 5.32 Å². The average Bonchev–Trinajstić information content (AvgIpc) is 2.57. The second kappa shape index (κ2) is 7.93. The Hall–Kier alpha value is -2.13. The van der Waals surface area contributed by atoms with E-state index in [-0.39, 0.29) is 5.91 Å². The van der Waals surface area contributed by atoms with Crippen molar-refractivity contribution in [2.45, 2.75) is 38.8 Å². The molecule has 1 aliphatic rings. The number of hydrogen-bond acceptors (Lipinski definition) is 4. The minimum Gasteiger partial charge on any atom is -0.378 e. The van der Waals surface area contributed by atoms with E-state index in [9.17, 15) is 4.79 Å². The van der Waals surface area contributed by atoms with Gasteiger partial charge in [-0.25, -0.2) is 6.57 Å². The van der Waals surface area contributed by atoms with Gasteiger partial charge in [-0.05, 0) is 25.0 Å². The maximum atomic E-state index is 12.0. The molecule has 0 unspecified atom stereocenters.